The molecular formula is C18H17N3O2S. The fraction of sp³-hybridized carbons (Fsp3) is 0.278. The Morgan fingerprint density at radius 1 is 1.17 bits per heavy atom. The van der Waals surface area contributed by atoms with Gasteiger partial charge in [0.1, 0.15) is 10.8 Å². The van der Waals surface area contributed by atoms with E-state index in [1.807, 2.05) is 41.8 Å². The molecule has 3 aromatic rings. The largest absolute Gasteiger partial charge is 0.478 e. The third-order valence-corrected chi connectivity index (χ3v) is 5.70. The maximum absolute atomic E-state index is 12.0. The van der Waals surface area contributed by atoms with Crippen molar-refractivity contribution < 1.29 is 9.90 Å². The van der Waals surface area contributed by atoms with E-state index in [4.69, 9.17) is 0 Å². The lowest BCUT2D eigenvalue weighted by molar-refractivity contribution is 0.0696. The Kier molecular flexibility index (Phi) is 3.69. The molecule has 0 atom stereocenters. The van der Waals surface area contributed by atoms with Crippen molar-refractivity contribution in [1.29, 1.82) is 0 Å². The maximum Gasteiger partial charge on any atom is 0.339 e. The summed E-state index contributed by atoms with van der Waals surface area (Å²) in [6, 6.07) is 9.77. The first kappa shape index (κ1) is 15.1. The zero-order valence-corrected chi connectivity index (χ0v) is 14.1. The lowest BCUT2D eigenvalue weighted by atomic mass is 9.95. The first-order chi connectivity index (χ1) is 11.7. The molecule has 1 aliphatic rings. The summed E-state index contributed by atoms with van der Waals surface area (Å²) in [5, 5.41) is 19.0. The van der Waals surface area contributed by atoms with Gasteiger partial charge >= 0.3 is 5.97 Å². The molecule has 1 aliphatic carbocycles. The summed E-state index contributed by atoms with van der Waals surface area (Å²) in [6.07, 6.45) is 3.98. The molecule has 4 rings (SSSR count). The molecule has 122 valence electrons. The third kappa shape index (κ3) is 2.34. The van der Waals surface area contributed by atoms with E-state index in [9.17, 15) is 9.90 Å². The van der Waals surface area contributed by atoms with Gasteiger partial charge in [0.05, 0.1) is 5.56 Å². The molecule has 6 heteroatoms. The zero-order valence-electron chi connectivity index (χ0n) is 13.3. The average molecular weight is 339 g/mol. The minimum absolute atomic E-state index is 0.426. The van der Waals surface area contributed by atoms with Crippen molar-refractivity contribution in [3.05, 3.63) is 52.2 Å². The SMILES string of the molecule is Cc1nnc(-c2ccccc2)n1-c1sc2c(c1C(=O)O)CCCC2. The molecule has 0 radical (unpaired) electrons. The number of hydrogen-bond acceptors (Lipinski definition) is 4. The van der Waals surface area contributed by atoms with Gasteiger partial charge in [-0.3, -0.25) is 4.57 Å². The van der Waals surface area contributed by atoms with Crippen LogP contribution < -0.4 is 0 Å². The molecule has 0 saturated carbocycles. The van der Waals surface area contributed by atoms with Crippen LogP contribution in [0.4, 0.5) is 0 Å². The number of rotatable bonds is 3. The highest BCUT2D eigenvalue weighted by Crippen LogP contribution is 2.38. The van der Waals surface area contributed by atoms with Gasteiger partial charge in [0, 0.05) is 10.4 Å². The monoisotopic (exact) mass is 339 g/mol. The van der Waals surface area contributed by atoms with Crippen molar-refractivity contribution >= 4 is 17.3 Å². The van der Waals surface area contributed by atoms with Crippen LogP contribution in [-0.2, 0) is 12.8 Å². The van der Waals surface area contributed by atoms with E-state index in [-0.39, 0.29) is 0 Å². The van der Waals surface area contributed by atoms with Gasteiger partial charge in [0.25, 0.3) is 0 Å². The van der Waals surface area contributed by atoms with Gasteiger partial charge < -0.3 is 5.11 Å². The van der Waals surface area contributed by atoms with Crippen LogP contribution in [0.15, 0.2) is 30.3 Å². The predicted octanol–water partition coefficient (Wildman–Crippen LogP) is 3.88. The Bertz CT molecular complexity index is 912. The number of hydrogen-bond donors (Lipinski definition) is 1. The van der Waals surface area contributed by atoms with Crippen molar-refractivity contribution in [3.8, 4) is 16.4 Å². The van der Waals surface area contributed by atoms with E-state index in [2.05, 4.69) is 10.2 Å². The summed E-state index contributed by atoms with van der Waals surface area (Å²) < 4.78 is 1.89. The van der Waals surface area contributed by atoms with E-state index in [1.54, 1.807) is 11.3 Å². The summed E-state index contributed by atoms with van der Waals surface area (Å²) in [5.74, 6) is 0.528. The molecule has 0 bridgehead atoms. The van der Waals surface area contributed by atoms with Gasteiger partial charge in [-0.05, 0) is 38.2 Å². The summed E-state index contributed by atoms with van der Waals surface area (Å²) in [5.41, 5.74) is 2.36. The molecule has 1 aromatic carbocycles. The quantitative estimate of drug-likeness (QED) is 0.786. The lowest BCUT2D eigenvalue weighted by Gasteiger charge is -2.11. The summed E-state index contributed by atoms with van der Waals surface area (Å²) in [6.45, 7) is 1.86. The summed E-state index contributed by atoms with van der Waals surface area (Å²) >= 11 is 1.57. The predicted molar refractivity (Wildman–Crippen MR) is 93.0 cm³/mol. The van der Waals surface area contributed by atoms with Crippen molar-refractivity contribution in [1.82, 2.24) is 14.8 Å². The van der Waals surface area contributed by atoms with E-state index in [0.717, 1.165) is 41.8 Å². The van der Waals surface area contributed by atoms with Crippen LogP contribution in [0.25, 0.3) is 16.4 Å². The molecule has 0 amide bonds. The Morgan fingerprint density at radius 2 is 1.92 bits per heavy atom. The van der Waals surface area contributed by atoms with Gasteiger partial charge in [-0.2, -0.15) is 0 Å². The molecule has 2 heterocycles. The molecular weight excluding hydrogens is 322 g/mol. The third-order valence-electron chi connectivity index (χ3n) is 4.43. The van der Waals surface area contributed by atoms with Crippen molar-refractivity contribution in [2.45, 2.75) is 32.6 Å². The Labute approximate surface area is 143 Å². The molecule has 5 nitrogen and oxygen atoms in total. The van der Waals surface area contributed by atoms with E-state index in [0.29, 0.717) is 17.2 Å². The molecule has 1 N–H and O–H groups in total. The van der Waals surface area contributed by atoms with Gasteiger partial charge in [0.2, 0.25) is 0 Å². The molecule has 0 aliphatic heterocycles. The minimum Gasteiger partial charge on any atom is -0.478 e. The summed E-state index contributed by atoms with van der Waals surface area (Å²) in [7, 11) is 0. The van der Waals surface area contributed by atoms with Crippen LogP contribution in [0.5, 0.6) is 0 Å². The van der Waals surface area contributed by atoms with Crippen molar-refractivity contribution in [2.75, 3.05) is 0 Å². The zero-order chi connectivity index (χ0) is 16.7. The number of nitrogens with zero attached hydrogens (tertiary/aromatic N) is 3. The molecule has 0 unspecified atom stereocenters. The first-order valence-corrected chi connectivity index (χ1v) is 8.84. The van der Waals surface area contributed by atoms with Crippen LogP contribution in [-0.4, -0.2) is 25.8 Å². The smallest absolute Gasteiger partial charge is 0.339 e. The standard InChI is InChI=1S/C18H17N3O2S/c1-11-19-20-16(12-7-3-2-4-8-12)21(11)17-15(18(22)23)13-9-5-6-10-14(13)24-17/h2-4,7-8H,5-6,9-10H2,1H3,(H,22,23). The number of aromatic carboxylic acids is 1. The van der Waals surface area contributed by atoms with E-state index < -0.39 is 5.97 Å². The number of carboxylic acids is 1. The molecule has 2 aromatic heterocycles. The van der Waals surface area contributed by atoms with Crippen LogP contribution >= 0.6 is 11.3 Å². The van der Waals surface area contributed by atoms with Crippen LogP contribution in [0.3, 0.4) is 0 Å². The van der Waals surface area contributed by atoms with Gasteiger partial charge in [-0.25, -0.2) is 4.79 Å². The van der Waals surface area contributed by atoms with Crippen LogP contribution in [0, 0.1) is 6.92 Å². The maximum atomic E-state index is 12.0. The second-order valence-electron chi connectivity index (χ2n) is 5.97. The van der Waals surface area contributed by atoms with Crippen LogP contribution in [0.1, 0.15) is 39.5 Å². The van der Waals surface area contributed by atoms with Crippen molar-refractivity contribution in [2.24, 2.45) is 0 Å². The minimum atomic E-state index is -0.864. The highest BCUT2D eigenvalue weighted by Gasteiger charge is 2.28. The highest BCUT2D eigenvalue weighted by atomic mass is 32.1. The number of aryl methyl sites for hydroxylation is 2. The molecule has 0 fully saturated rings. The van der Waals surface area contributed by atoms with Crippen molar-refractivity contribution in [3.63, 3.8) is 0 Å². The fourth-order valence-electron chi connectivity index (χ4n) is 3.31. The van der Waals surface area contributed by atoms with Crippen LogP contribution in [0.2, 0.25) is 0 Å². The number of benzene rings is 1. The summed E-state index contributed by atoms with van der Waals surface area (Å²) in [4.78, 5) is 13.2. The molecule has 24 heavy (non-hydrogen) atoms. The normalized spacial score (nSPS) is 13.7. The lowest BCUT2D eigenvalue weighted by Crippen LogP contribution is -2.09. The van der Waals surface area contributed by atoms with Gasteiger partial charge in [-0.1, -0.05) is 30.3 Å². The number of carbonyl (C=O) groups is 1. The first-order valence-electron chi connectivity index (χ1n) is 8.02. The van der Waals surface area contributed by atoms with Gasteiger partial charge in [0.15, 0.2) is 5.82 Å². The Morgan fingerprint density at radius 3 is 2.67 bits per heavy atom. The Balaban J connectivity index is 1.96. The fourth-order valence-corrected chi connectivity index (χ4v) is 4.74. The van der Waals surface area contributed by atoms with Gasteiger partial charge in [-0.15, -0.1) is 21.5 Å². The number of fused-ring (bicyclic) bond motifs is 1. The van der Waals surface area contributed by atoms with E-state index >= 15 is 0 Å². The number of aromatic nitrogens is 3. The average Bonchev–Trinajstić information content (AvgIpc) is 3.15. The number of carboxylic acid groups (broad SMARTS) is 1. The second kappa shape index (κ2) is 5.87. The second-order valence-corrected chi connectivity index (χ2v) is 7.05. The highest BCUT2D eigenvalue weighted by molar-refractivity contribution is 7.15. The topological polar surface area (TPSA) is 68.0 Å². The molecule has 0 spiro atoms. The Hall–Kier alpha value is -2.47. The molecule has 0 saturated heterocycles. The number of thiophene rings is 1. The van der Waals surface area contributed by atoms with E-state index in [1.165, 1.54) is 4.88 Å².